The van der Waals surface area contributed by atoms with E-state index in [0.29, 0.717) is 6.42 Å². The van der Waals surface area contributed by atoms with Crippen LogP contribution >= 0.6 is 34.8 Å². The van der Waals surface area contributed by atoms with Crippen LogP contribution in [0.15, 0.2) is 0 Å². The third kappa shape index (κ3) is 5.92. The van der Waals surface area contributed by atoms with Gasteiger partial charge < -0.3 is 4.74 Å². The van der Waals surface area contributed by atoms with E-state index >= 15 is 0 Å². The molecule has 5 heteroatoms. The molecule has 12 heavy (non-hydrogen) atoms. The van der Waals surface area contributed by atoms with Crippen LogP contribution < -0.4 is 0 Å². The van der Waals surface area contributed by atoms with Gasteiger partial charge in [0.15, 0.2) is 5.56 Å². The Morgan fingerprint density at radius 1 is 1.42 bits per heavy atom. The number of carbonyl (C=O) groups excluding carboxylic acids is 1. The molecule has 0 aliphatic carbocycles. The van der Waals surface area contributed by atoms with Crippen LogP contribution in [0.3, 0.4) is 0 Å². The zero-order valence-corrected chi connectivity index (χ0v) is 8.99. The lowest BCUT2D eigenvalue weighted by Crippen LogP contribution is -2.17. The van der Waals surface area contributed by atoms with Gasteiger partial charge in [-0.2, -0.15) is 0 Å². The molecule has 0 saturated heterocycles. The van der Waals surface area contributed by atoms with Crippen molar-refractivity contribution in [3.05, 3.63) is 0 Å². The first-order valence-corrected chi connectivity index (χ1v) is 5.01. The van der Waals surface area contributed by atoms with Crippen LogP contribution in [0.4, 0.5) is 0 Å². The van der Waals surface area contributed by atoms with Crippen molar-refractivity contribution in [3.8, 4) is 0 Å². The molecular formula is C7H11Cl3O2. The second kappa shape index (κ2) is 6.81. The molecule has 2 nitrogen and oxygen atoms in total. The summed E-state index contributed by atoms with van der Waals surface area (Å²) in [5.41, 5.74) is -0.613. The summed E-state index contributed by atoms with van der Waals surface area (Å²) in [5.74, 6) is -0.686. The Morgan fingerprint density at radius 2 is 2.00 bits per heavy atom. The maximum Gasteiger partial charge on any atom is 0.340 e. The van der Waals surface area contributed by atoms with Gasteiger partial charge in [0.1, 0.15) is 0 Å². The fourth-order valence-electron chi connectivity index (χ4n) is 0.601. The Bertz CT molecular complexity index is 139. The average Bonchev–Trinajstić information content (AvgIpc) is 2.00. The molecule has 1 unspecified atom stereocenters. The monoisotopic (exact) mass is 232 g/mol. The summed E-state index contributed by atoms with van der Waals surface area (Å²) >= 11 is 16.1. The van der Waals surface area contributed by atoms with E-state index in [2.05, 4.69) is 4.74 Å². The topological polar surface area (TPSA) is 26.3 Å². The van der Waals surface area contributed by atoms with Crippen LogP contribution in [0.2, 0.25) is 0 Å². The van der Waals surface area contributed by atoms with Crippen LogP contribution in [-0.4, -0.2) is 16.4 Å². The van der Waals surface area contributed by atoms with Crippen LogP contribution in [-0.2, 0) is 9.53 Å². The molecule has 0 N–H and O–H groups in total. The highest BCUT2D eigenvalue weighted by atomic mass is 35.5. The standard InChI is InChI=1S/C7H11Cl3O2/c1-2-3-4-5(8)12-7(11)6(9)10/h5-6H,2-4H2,1H3. The van der Waals surface area contributed by atoms with Gasteiger partial charge in [-0.3, -0.25) is 0 Å². The average molecular weight is 234 g/mol. The maximum absolute atomic E-state index is 10.7. The van der Waals surface area contributed by atoms with Crippen molar-refractivity contribution >= 4 is 40.8 Å². The van der Waals surface area contributed by atoms with E-state index in [-0.39, 0.29) is 0 Å². The third-order valence-corrected chi connectivity index (χ3v) is 1.87. The zero-order valence-electron chi connectivity index (χ0n) is 6.73. The van der Waals surface area contributed by atoms with Gasteiger partial charge in [-0.15, -0.1) is 0 Å². The smallest absolute Gasteiger partial charge is 0.340 e. The highest BCUT2D eigenvalue weighted by molar-refractivity contribution is 6.53. The lowest BCUT2D eigenvalue weighted by Gasteiger charge is -2.10. The van der Waals surface area contributed by atoms with Gasteiger partial charge in [-0.25, -0.2) is 4.79 Å². The zero-order chi connectivity index (χ0) is 9.56. The number of alkyl halides is 3. The molecular weight excluding hydrogens is 222 g/mol. The van der Waals surface area contributed by atoms with Crippen LogP contribution in [0.25, 0.3) is 0 Å². The fraction of sp³-hybridized carbons (Fsp3) is 0.857. The van der Waals surface area contributed by atoms with E-state index in [1.807, 2.05) is 6.92 Å². The number of ether oxygens (including phenoxy) is 1. The molecule has 0 amide bonds. The van der Waals surface area contributed by atoms with E-state index < -0.39 is 16.4 Å². The Labute approximate surface area is 87.1 Å². The lowest BCUT2D eigenvalue weighted by atomic mass is 10.3. The normalized spacial score (nSPS) is 13.1. The molecule has 0 aromatic heterocycles. The molecule has 1 atom stereocenters. The SMILES string of the molecule is CCCCC(Cl)OC(=O)C(Cl)Cl. The minimum atomic E-state index is -1.15. The van der Waals surface area contributed by atoms with Gasteiger partial charge in [0, 0.05) is 0 Å². The van der Waals surface area contributed by atoms with Crippen molar-refractivity contribution in [2.24, 2.45) is 0 Å². The Kier molecular flexibility index (Phi) is 7.01. The Balaban J connectivity index is 3.54. The van der Waals surface area contributed by atoms with Crippen LogP contribution in [0, 0.1) is 0 Å². The molecule has 0 heterocycles. The summed E-state index contributed by atoms with van der Waals surface area (Å²) in [6, 6.07) is 0. The van der Waals surface area contributed by atoms with Crippen LogP contribution in [0.1, 0.15) is 26.2 Å². The molecule has 0 aliphatic rings. The number of rotatable bonds is 5. The van der Waals surface area contributed by atoms with E-state index in [1.54, 1.807) is 0 Å². The van der Waals surface area contributed by atoms with Crippen LogP contribution in [0.5, 0.6) is 0 Å². The Morgan fingerprint density at radius 3 is 2.42 bits per heavy atom. The number of hydrogen-bond donors (Lipinski definition) is 0. The molecule has 72 valence electrons. The second-order valence-electron chi connectivity index (χ2n) is 2.29. The molecule has 0 radical (unpaired) electrons. The van der Waals surface area contributed by atoms with Gasteiger partial charge in [0.25, 0.3) is 0 Å². The largest absolute Gasteiger partial charge is 0.444 e. The maximum atomic E-state index is 10.7. The number of carbonyl (C=O) groups is 1. The molecule has 0 aromatic carbocycles. The highest BCUT2D eigenvalue weighted by Gasteiger charge is 2.17. The highest BCUT2D eigenvalue weighted by Crippen LogP contribution is 2.12. The van der Waals surface area contributed by atoms with Crippen molar-refractivity contribution in [2.75, 3.05) is 0 Å². The van der Waals surface area contributed by atoms with E-state index in [9.17, 15) is 4.79 Å². The number of hydrogen-bond acceptors (Lipinski definition) is 2. The fourth-order valence-corrected chi connectivity index (χ4v) is 0.946. The molecule has 0 bridgehead atoms. The lowest BCUT2D eigenvalue weighted by molar-refractivity contribution is -0.143. The van der Waals surface area contributed by atoms with Gasteiger partial charge in [-0.1, -0.05) is 48.1 Å². The first-order valence-electron chi connectivity index (χ1n) is 3.70. The van der Waals surface area contributed by atoms with Crippen molar-refractivity contribution in [2.45, 2.75) is 36.6 Å². The van der Waals surface area contributed by atoms with Gasteiger partial charge in [-0.05, 0) is 12.8 Å². The molecule has 0 saturated carbocycles. The van der Waals surface area contributed by atoms with Gasteiger partial charge >= 0.3 is 5.97 Å². The van der Waals surface area contributed by atoms with Gasteiger partial charge in [0.05, 0.1) is 0 Å². The summed E-state index contributed by atoms with van der Waals surface area (Å²) in [5, 5.41) is 0. The summed E-state index contributed by atoms with van der Waals surface area (Å²) in [6.45, 7) is 2.03. The minimum absolute atomic E-state index is 0.613. The predicted octanol–water partition coefficient (Wildman–Crippen LogP) is 3.09. The first kappa shape index (κ1) is 12.3. The molecule has 0 rings (SSSR count). The number of esters is 1. The second-order valence-corrected chi connectivity index (χ2v) is 3.87. The van der Waals surface area contributed by atoms with E-state index in [0.717, 1.165) is 12.8 Å². The molecule has 0 aromatic rings. The van der Waals surface area contributed by atoms with Crippen molar-refractivity contribution in [3.63, 3.8) is 0 Å². The summed E-state index contributed by atoms with van der Waals surface area (Å²) < 4.78 is 4.68. The quantitative estimate of drug-likeness (QED) is 0.539. The summed E-state index contributed by atoms with van der Waals surface area (Å²) in [4.78, 5) is 9.60. The van der Waals surface area contributed by atoms with E-state index in [4.69, 9.17) is 34.8 Å². The third-order valence-electron chi connectivity index (χ3n) is 1.21. The molecule has 0 fully saturated rings. The number of unbranched alkanes of at least 4 members (excludes halogenated alkanes) is 1. The Hall–Kier alpha value is 0.340. The van der Waals surface area contributed by atoms with Crippen molar-refractivity contribution in [1.29, 1.82) is 0 Å². The number of halogens is 3. The summed E-state index contributed by atoms with van der Waals surface area (Å²) in [7, 11) is 0. The first-order chi connectivity index (χ1) is 5.57. The minimum Gasteiger partial charge on any atom is -0.444 e. The van der Waals surface area contributed by atoms with E-state index in [1.165, 1.54) is 0 Å². The van der Waals surface area contributed by atoms with Gasteiger partial charge in [0.2, 0.25) is 4.84 Å². The van der Waals surface area contributed by atoms with Crippen molar-refractivity contribution < 1.29 is 9.53 Å². The van der Waals surface area contributed by atoms with Crippen molar-refractivity contribution in [1.82, 2.24) is 0 Å². The molecule has 0 aliphatic heterocycles. The summed E-state index contributed by atoms with van der Waals surface area (Å²) in [6.07, 6.45) is 2.55. The predicted molar refractivity (Wildman–Crippen MR) is 50.8 cm³/mol. The molecule has 0 spiro atoms.